The largest absolute Gasteiger partial charge is 0.411 e. The first-order valence-electron chi connectivity index (χ1n) is 7.86. The number of aromatic nitrogens is 2. The van der Waals surface area contributed by atoms with E-state index in [4.69, 9.17) is 4.42 Å². The molecule has 1 aliphatic rings. The van der Waals surface area contributed by atoms with E-state index in [0.29, 0.717) is 22.8 Å². The summed E-state index contributed by atoms with van der Waals surface area (Å²) >= 11 is 1.27. The van der Waals surface area contributed by atoms with Crippen LogP contribution in [0.5, 0.6) is 0 Å². The third-order valence-electron chi connectivity index (χ3n) is 4.20. The number of aryl methyl sites for hydroxylation is 2. The number of hydrogen-bond donors (Lipinski definition) is 1. The molecule has 1 N–H and O–H groups in total. The van der Waals surface area contributed by atoms with E-state index in [1.165, 1.54) is 35.7 Å². The zero-order chi connectivity index (χ0) is 16.4. The van der Waals surface area contributed by atoms with E-state index in [0.717, 1.165) is 5.56 Å². The monoisotopic (exact) mass is 331 g/mol. The first-order valence-corrected chi connectivity index (χ1v) is 8.85. The Morgan fingerprint density at radius 2 is 2.13 bits per heavy atom. The van der Waals surface area contributed by atoms with Crippen molar-refractivity contribution in [2.45, 2.75) is 44.9 Å². The predicted octanol–water partition coefficient (Wildman–Crippen LogP) is 3.36. The van der Waals surface area contributed by atoms with Crippen molar-refractivity contribution < 1.29 is 9.21 Å². The minimum atomic E-state index is 0.0142. The average Bonchev–Trinajstić information content (AvgIpc) is 3.27. The highest BCUT2D eigenvalue weighted by atomic mass is 32.2. The Morgan fingerprint density at radius 1 is 1.35 bits per heavy atom. The number of amides is 1. The fourth-order valence-corrected chi connectivity index (χ4v) is 2.97. The van der Waals surface area contributed by atoms with Crippen molar-refractivity contribution in [3.8, 4) is 11.5 Å². The van der Waals surface area contributed by atoms with Crippen LogP contribution in [0, 0.1) is 19.8 Å². The van der Waals surface area contributed by atoms with E-state index in [1.54, 1.807) is 0 Å². The number of benzene rings is 1. The summed E-state index contributed by atoms with van der Waals surface area (Å²) in [5.41, 5.74) is 3.31. The quantitative estimate of drug-likeness (QED) is 0.822. The number of thioether (sulfide) groups is 1. The van der Waals surface area contributed by atoms with Gasteiger partial charge in [0.15, 0.2) is 0 Å². The molecular formula is C17H21N3O2S. The van der Waals surface area contributed by atoms with Gasteiger partial charge in [-0.25, -0.2) is 0 Å². The summed E-state index contributed by atoms with van der Waals surface area (Å²) in [7, 11) is 0. The van der Waals surface area contributed by atoms with Crippen LogP contribution >= 0.6 is 11.8 Å². The second kappa shape index (κ2) is 6.74. The van der Waals surface area contributed by atoms with Crippen molar-refractivity contribution in [2.75, 3.05) is 5.75 Å². The van der Waals surface area contributed by atoms with Crippen molar-refractivity contribution in [3.63, 3.8) is 0 Å². The highest BCUT2D eigenvalue weighted by Crippen LogP contribution is 2.32. The van der Waals surface area contributed by atoms with Crippen LogP contribution in [0.15, 0.2) is 27.8 Å². The van der Waals surface area contributed by atoms with Gasteiger partial charge in [0, 0.05) is 11.6 Å². The Balaban J connectivity index is 1.56. The topological polar surface area (TPSA) is 68.0 Å². The lowest BCUT2D eigenvalue weighted by molar-refractivity contribution is -0.119. The Kier molecular flexibility index (Phi) is 4.71. The van der Waals surface area contributed by atoms with Crippen molar-refractivity contribution >= 4 is 17.7 Å². The fraction of sp³-hybridized carbons (Fsp3) is 0.471. The maximum atomic E-state index is 11.9. The third kappa shape index (κ3) is 4.13. The molecular weight excluding hydrogens is 310 g/mol. The number of rotatable bonds is 6. The second-order valence-electron chi connectivity index (χ2n) is 6.15. The first kappa shape index (κ1) is 16.1. The Labute approximate surface area is 140 Å². The van der Waals surface area contributed by atoms with E-state index in [2.05, 4.69) is 36.3 Å². The smallest absolute Gasteiger partial charge is 0.277 e. The molecule has 1 amide bonds. The molecule has 1 saturated carbocycles. The molecule has 6 heteroatoms. The third-order valence-corrected chi connectivity index (χ3v) is 5.02. The van der Waals surface area contributed by atoms with Crippen molar-refractivity contribution in [1.82, 2.24) is 15.5 Å². The van der Waals surface area contributed by atoms with Crippen molar-refractivity contribution in [1.29, 1.82) is 0 Å². The van der Waals surface area contributed by atoms with E-state index >= 15 is 0 Å². The highest BCUT2D eigenvalue weighted by molar-refractivity contribution is 7.99. The lowest BCUT2D eigenvalue weighted by atomic mass is 10.1. The molecule has 0 aliphatic heterocycles. The number of hydrogen-bond acceptors (Lipinski definition) is 5. The lowest BCUT2D eigenvalue weighted by Gasteiger charge is -2.11. The van der Waals surface area contributed by atoms with Gasteiger partial charge in [-0.2, -0.15) is 0 Å². The van der Waals surface area contributed by atoms with Crippen molar-refractivity contribution in [3.05, 3.63) is 29.3 Å². The number of nitrogens with one attached hydrogen (secondary N) is 1. The van der Waals surface area contributed by atoms with Gasteiger partial charge in [-0.3, -0.25) is 4.79 Å². The number of nitrogens with zero attached hydrogens (tertiary/aromatic N) is 2. The number of carbonyl (C=O) groups excluding carboxylic acids is 1. The summed E-state index contributed by atoms with van der Waals surface area (Å²) in [5.74, 6) is 1.46. The molecule has 0 bridgehead atoms. The molecule has 0 unspecified atom stereocenters. The van der Waals surface area contributed by atoms with Crippen LogP contribution in [0.3, 0.4) is 0 Å². The van der Waals surface area contributed by atoms with E-state index in [-0.39, 0.29) is 11.9 Å². The molecule has 5 nitrogen and oxygen atoms in total. The fourth-order valence-electron chi connectivity index (χ4n) is 2.40. The van der Waals surface area contributed by atoms with E-state index < -0.39 is 0 Å². The zero-order valence-electron chi connectivity index (χ0n) is 13.6. The van der Waals surface area contributed by atoms with Crippen LogP contribution in [0.25, 0.3) is 11.5 Å². The molecule has 0 spiro atoms. The minimum absolute atomic E-state index is 0.0142. The van der Waals surface area contributed by atoms with Gasteiger partial charge in [-0.05, 0) is 62.8 Å². The summed E-state index contributed by atoms with van der Waals surface area (Å²) in [5, 5.41) is 11.5. The second-order valence-corrected chi connectivity index (χ2v) is 7.08. The lowest BCUT2D eigenvalue weighted by Crippen LogP contribution is -2.35. The van der Waals surface area contributed by atoms with Gasteiger partial charge in [-0.15, -0.1) is 10.2 Å². The zero-order valence-corrected chi connectivity index (χ0v) is 14.4. The minimum Gasteiger partial charge on any atom is -0.411 e. The molecule has 3 rings (SSSR count). The van der Waals surface area contributed by atoms with Crippen LogP contribution < -0.4 is 5.32 Å². The molecule has 0 saturated heterocycles. The summed E-state index contributed by atoms with van der Waals surface area (Å²) in [6.07, 6.45) is 2.44. The van der Waals surface area contributed by atoms with Crippen molar-refractivity contribution in [2.24, 2.45) is 5.92 Å². The standard InChI is InChI=1S/C17H21N3O2S/c1-10-4-5-14(8-11(10)2)16-19-20-17(22-16)23-9-15(21)18-12(3)13-6-7-13/h4-5,8,12-13H,6-7,9H2,1-3H3,(H,18,21)/t12-/m0/s1. The van der Waals surface area contributed by atoms with Crippen LogP contribution in [0.4, 0.5) is 0 Å². The van der Waals surface area contributed by atoms with E-state index in [1.807, 2.05) is 18.2 Å². The summed E-state index contributed by atoms with van der Waals surface area (Å²) in [4.78, 5) is 11.9. The van der Waals surface area contributed by atoms with Crippen LogP contribution in [0.1, 0.15) is 30.9 Å². The highest BCUT2D eigenvalue weighted by Gasteiger charge is 2.28. The van der Waals surface area contributed by atoms with Crippen LogP contribution in [-0.4, -0.2) is 27.9 Å². The molecule has 1 aromatic heterocycles. The van der Waals surface area contributed by atoms with E-state index in [9.17, 15) is 4.79 Å². The molecule has 1 aliphatic carbocycles. The van der Waals surface area contributed by atoms with Gasteiger partial charge in [0.2, 0.25) is 11.8 Å². The molecule has 23 heavy (non-hydrogen) atoms. The van der Waals surface area contributed by atoms with Crippen LogP contribution in [0.2, 0.25) is 0 Å². The molecule has 0 radical (unpaired) electrons. The SMILES string of the molecule is Cc1ccc(-c2nnc(SCC(=O)N[C@@H](C)C3CC3)o2)cc1C. The molecule has 1 heterocycles. The Morgan fingerprint density at radius 3 is 2.83 bits per heavy atom. The van der Waals surface area contributed by atoms with Crippen LogP contribution in [-0.2, 0) is 4.79 Å². The Hall–Kier alpha value is -1.82. The summed E-state index contributed by atoms with van der Waals surface area (Å²) < 4.78 is 5.64. The summed E-state index contributed by atoms with van der Waals surface area (Å²) in [6, 6.07) is 6.29. The predicted molar refractivity (Wildman–Crippen MR) is 90.3 cm³/mol. The number of carbonyl (C=O) groups is 1. The molecule has 1 atom stereocenters. The molecule has 1 fully saturated rings. The van der Waals surface area contributed by atoms with Gasteiger partial charge in [0.1, 0.15) is 0 Å². The molecule has 1 aromatic carbocycles. The van der Waals surface area contributed by atoms with Gasteiger partial charge in [-0.1, -0.05) is 17.8 Å². The summed E-state index contributed by atoms with van der Waals surface area (Å²) in [6.45, 7) is 6.18. The van der Waals surface area contributed by atoms with Gasteiger partial charge in [0.25, 0.3) is 5.22 Å². The normalized spacial score (nSPS) is 15.4. The molecule has 122 valence electrons. The Bertz CT molecular complexity index is 710. The maximum Gasteiger partial charge on any atom is 0.277 e. The first-order chi connectivity index (χ1) is 11.0. The van der Waals surface area contributed by atoms with Gasteiger partial charge >= 0.3 is 0 Å². The molecule has 2 aromatic rings. The van der Waals surface area contributed by atoms with Gasteiger partial charge in [0.05, 0.1) is 5.75 Å². The average molecular weight is 331 g/mol. The maximum absolute atomic E-state index is 11.9. The van der Waals surface area contributed by atoms with Gasteiger partial charge < -0.3 is 9.73 Å².